The van der Waals surface area contributed by atoms with Gasteiger partial charge in [-0.05, 0) is 18.2 Å². The predicted octanol–water partition coefficient (Wildman–Crippen LogP) is 1.60. The lowest BCUT2D eigenvalue weighted by molar-refractivity contribution is -0.137. The smallest absolute Gasteiger partial charge is 0.354 e. The Balaban J connectivity index is 2.26. The Morgan fingerprint density at radius 2 is 1.92 bits per heavy atom. The van der Waals surface area contributed by atoms with Gasteiger partial charge in [0.1, 0.15) is 0 Å². The van der Waals surface area contributed by atoms with Gasteiger partial charge in [-0.25, -0.2) is 4.79 Å². The zero-order valence-electron chi connectivity index (χ0n) is 12.1. The zero-order chi connectivity index (χ0) is 17.5. The second kappa shape index (κ2) is 5.48. The van der Waals surface area contributed by atoms with Gasteiger partial charge in [-0.3, -0.25) is 9.36 Å². The quantitative estimate of drug-likeness (QED) is 0.709. The molecule has 0 aliphatic carbocycles. The maximum atomic E-state index is 12.8. The third-order valence-corrected chi connectivity index (χ3v) is 3.26. The molecule has 0 amide bonds. The van der Waals surface area contributed by atoms with Crippen LogP contribution in [0.3, 0.4) is 0 Å². The molecule has 10 heteroatoms. The first-order chi connectivity index (χ1) is 11.3. The minimum absolute atomic E-state index is 0.00340. The predicted molar refractivity (Wildman–Crippen MR) is 75.6 cm³/mol. The van der Waals surface area contributed by atoms with Crippen molar-refractivity contribution in [1.29, 1.82) is 0 Å². The van der Waals surface area contributed by atoms with Crippen molar-refractivity contribution >= 4 is 0 Å². The van der Waals surface area contributed by atoms with Gasteiger partial charge in [-0.1, -0.05) is 11.2 Å². The summed E-state index contributed by atoms with van der Waals surface area (Å²) in [6.07, 6.45) is -3.30. The monoisotopic (exact) mass is 338 g/mol. The number of aromatic nitrogens is 4. The summed E-state index contributed by atoms with van der Waals surface area (Å²) < 4.78 is 44.8. The molecule has 24 heavy (non-hydrogen) atoms. The molecular weight excluding hydrogens is 329 g/mol. The third kappa shape index (κ3) is 2.62. The molecule has 0 aliphatic rings. The van der Waals surface area contributed by atoms with Gasteiger partial charge in [0.2, 0.25) is 0 Å². The molecule has 3 rings (SSSR count). The molecule has 0 bridgehead atoms. The molecule has 1 aromatic carbocycles. The Hall–Kier alpha value is -3.17. The van der Waals surface area contributed by atoms with E-state index in [0.717, 1.165) is 22.8 Å². The van der Waals surface area contributed by atoms with Crippen molar-refractivity contribution in [2.24, 2.45) is 7.05 Å². The van der Waals surface area contributed by atoms with Gasteiger partial charge in [0.05, 0.1) is 17.4 Å². The molecule has 0 spiro atoms. The minimum atomic E-state index is -4.58. The van der Waals surface area contributed by atoms with E-state index < -0.39 is 23.0 Å². The van der Waals surface area contributed by atoms with E-state index in [1.54, 1.807) is 0 Å². The van der Waals surface area contributed by atoms with E-state index in [2.05, 4.69) is 10.3 Å². The molecule has 0 saturated carbocycles. The molecule has 2 aromatic heterocycles. The van der Waals surface area contributed by atoms with E-state index in [4.69, 9.17) is 4.52 Å². The second-order valence-electron chi connectivity index (χ2n) is 4.83. The van der Waals surface area contributed by atoms with E-state index in [-0.39, 0.29) is 17.1 Å². The van der Waals surface area contributed by atoms with Crippen molar-refractivity contribution in [1.82, 2.24) is 19.5 Å². The average molecular weight is 338 g/mol. The summed E-state index contributed by atoms with van der Waals surface area (Å²) in [5, 5.41) is 7.28. The normalized spacial score (nSPS) is 11.7. The summed E-state index contributed by atoms with van der Waals surface area (Å²) in [7, 11) is 1.19. The van der Waals surface area contributed by atoms with Crippen LogP contribution in [0.2, 0.25) is 0 Å². The average Bonchev–Trinajstić information content (AvgIpc) is 3.06. The Kier molecular flexibility index (Phi) is 3.59. The van der Waals surface area contributed by atoms with Gasteiger partial charge < -0.3 is 4.52 Å². The maximum Gasteiger partial charge on any atom is 0.416 e. The van der Waals surface area contributed by atoms with Crippen LogP contribution in [0.1, 0.15) is 5.56 Å². The number of nitrogens with zero attached hydrogens (tertiary/aromatic N) is 4. The molecule has 7 nitrogen and oxygen atoms in total. The highest BCUT2D eigenvalue weighted by Crippen LogP contribution is 2.30. The lowest BCUT2D eigenvalue weighted by Crippen LogP contribution is -2.40. The maximum absolute atomic E-state index is 12.8. The molecule has 0 aliphatic heterocycles. The molecule has 2 heterocycles. The van der Waals surface area contributed by atoms with Crippen molar-refractivity contribution in [2.75, 3.05) is 0 Å². The fourth-order valence-corrected chi connectivity index (χ4v) is 2.05. The first kappa shape index (κ1) is 15.7. The topological polar surface area (TPSA) is 82.9 Å². The first-order valence-corrected chi connectivity index (χ1v) is 6.58. The summed E-state index contributed by atoms with van der Waals surface area (Å²) in [5.41, 5.74) is -2.95. The standard InChI is InChI=1S/C14H9F3N4O3/c1-20-12(22)11(10-5-6-18-24-10)19-21(13(20)23)9-4-2-3-8(7-9)14(15,16)17/h2-7H,1H3. The molecule has 124 valence electrons. The highest BCUT2D eigenvalue weighted by molar-refractivity contribution is 5.49. The molecule has 0 unspecified atom stereocenters. The van der Waals surface area contributed by atoms with Gasteiger partial charge in [0, 0.05) is 13.1 Å². The van der Waals surface area contributed by atoms with E-state index in [1.807, 2.05) is 0 Å². The first-order valence-electron chi connectivity index (χ1n) is 6.58. The van der Waals surface area contributed by atoms with Crippen molar-refractivity contribution < 1.29 is 17.7 Å². The molecule has 0 fully saturated rings. The highest BCUT2D eigenvalue weighted by atomic mass is 19.4. The van der Waals surface area contributed by atoms with Crippen molar-refractivity contribution in [3.8, 4) is 17.1 Å². The molecule has 0 N–H and O–H groups in total. The fraction of sp³-hybridized carbons (Fsp3) is 0.143. The van der Waals surface area contributed by atoms with Crippen LogP contribution >= 0.6 is 0 Å². The summed E-state index contributed by atoms with van der Waals surface area (Å²) in [6, 6.07) is 5.41. The molecule has 0 radical (unpaired) electrons. The van der Waals surface area contributed by atoms with Gasteiger partial charge in [0.15, 0.2) is 11.5 Å². The number of rotatable bonds is 2. The van der Waals surface area contributed by atoms with Crippen LogP contribution in [0.25, 0.3) is 17.1 Å². The van der Waals surface area contributed by atoms with Crippen molar-refractivity contribution in [2.45, 2.75) is 6.18 Å². The number of alkyl halides is 3. The van der Waals surface area contributed by atoms with Crippen molar-refractivity contribution in [3.05, 3.63) is 62.9 Å². The SMILES string of the molecule is Cn1c(=O)c(-c2ccno2)nn(-c2cccc(C(F)(F)F)c2)c1=O. The van der Waals surface area contributed by atoms with Gasteiger partial charge in [0.25, 0.3) is 5.56 Å². The Morgan fingerprint density at radius 3 is 2.54 bits per heavy atom. The number of benzene rings is 1. The van der Waals surface area contributed by atoms with Gasteiger partial charge in [-0.15, -0.1) is 0 Å². The second-order valence-corrected chi connectivity index (χ2v) is 4.83. The van der Waals surface area contributed by atoms with E-state index in [0.29, 0.717) is 4.68 Å². The largest absolute Gasteiger partial charge is 0.416 e. The Bertz CT molecular complexity index is 1000. The molecule has 0 atom stereocenters. The van der Waals surface area contributed by atoms with Crippen LogP contribution in [0.4, 0.5) is 13.2 Å². The van der Waals surface area contributed by atoms with Crippen LogP contribution in [-0.2, 0) is 13.2 Å². The van der Waals surface area contributed by atoms with Crippen LogP contribution < -0.4 is 11.2 Å². The summed E-state index contributed by atoms with van der Waals surface area (Å²) in [5.74, 6) is -0.00340. The number of hydrogen-bond acceptors (Lipinski definition) is 5. The van der Waals surface area contributed by atoms with Crippen LogP contribution in [0.15, 0.2) is 50.6 Å². The fourth-order valence-electron chi connectivity index (χ4n) is 2.05. The third-order valence-electron chi connectivity index (χ3n) is 3.26. The van der Waals surface area contributed by atoms with Crippen LogP contribution in [0.5, 0.6) is 0 Å². The lowest BCUT2D eigenvalue weighted by Gasteiger charge is -2.11. The zero-order valence-corrected chi connectivity index (χ0v) is 12.1. The Labute approximate surface area is 131 Å². The number of halogens is 3. The molecule has 0 saturated heterocycles. The van der Waals surface area contributed by atoms with E-state index in [9.17, 15) is 22.8 Å². The summed E-state index contributed by atoms with van der Waals surface area (Å²) in [4.78, 5) is 24.3. The van der Waals surface area contributed by atoms with Crippen molar-refractivity contribution in [3.63, 3.8) is 0 Å². The Morgan fingerprint density at radius 1 is 1.17 bits per heavy atom. The number of hydrogen-bond donors (Lipinski definition) is 0. The van der Waals surface area contributed by atoms with E-state index in [1.165, 1.54) is 25.4 Å². The summed E-state index contributed by atoms with van der Waals surface area (Å²) in [6.45, 7) is 0. The lowest BCUT2D eigenvalue weighted by atomic mass is 10.2. The molecule has 3 aromatic rings. The van der Waals surface area contributed by atoms with Crippen LogP contribution in [-0.4, -0.2) is 19.5 Å². The summed E-state index contributed by atoms with van der Waals surface area (Å²) >= 11 is 0. The highest BCUT2D eigenvalue weighted by Gasteiger charge is 2.30. The van der Waals surface area contributed by atoms with E-state index >= 15 is 0 Å². The molecular formula is C14H9F3N4O3. The minimum Gasteiger partial charge on any atom is -0.354 e. The van der Waals surface area contributed by atoms with Gasteiger partial charge >= 0.3 is 11.9 Å². The van der Waals surface area contributed by atoms with Gasteiger partial charge in [-0.2, -0.15) is 23.0 Å². The van der Waals surface area contributed by atoms with Crippen LogP contribution in [0, 0.1) is 0 Å².